The van der Waals surface area contributed by atoms with Crippen molar-refractivity contribution in [2.75, 3.05) is 25.0 Å². The molecule has 0 amide bonds. The minimum Gasteiger partial charge on any atom is -0.371 e. The lowest BCUT2D eigenvalue weighted by Crippen LogP contribution is -2.23. The number of rotatable bonds is 7. The van der Waals surface area contributed by atoms with Crippen LogP contribution in [0.2, 0.25) is 0 Å². The largest absolute Gasteiger partial charge is 0.371 e. The molecular weight excluding hydrogens is 222 g/mol. The molecule has 1 rings (SSSR count). The van der Waals surface area contributed by atoms with Gasteiger partial charge in [0.15, 0.2) is 0 Å². The van der Waals surface area contributed by atoms with Crippen LogP contribution in [0.25, 0.3) is 0 Å². The molecule has 0 bridgehead atoms. The number of anilines is 1. The van der Waals surface area contributed by atoms with Crippen molar-refractivity contribution in [3.63, 3.8) is 0 Å². The fourth-order valence-electron chi connectivity index (χ4n) is 2.18. The Kier molecular flexibility index (Phi) is 6.24. The first-order valence-corrected chi connectivity index (χ1v) is 6.65. The Morgan fingerprint density at radius 1 is 1.28 bits per heavy atom. The zero-order chi connectivity index (χ0) is 13.4. The fraction of sp³-hybridized carbons (Fsp3) is 0.533. The fourth-order valence-corrected chi connectivity index (χ4v) is 2.18. The molecule has 98 valence electrons. The van der Waals surface area contributed by atoms with E-state index in [1.165, 1.54) is 11.3 Å². The van der Waals surface area contributed by atoms with Crippen molar-refractivity contribution >= 4 is 5.69 Å². The lowest BCUT2D eigenvalue weighted by molar-refractivity contribution is 0.577. The third kappa shape index (κ3) is 3.75. The standard InChI is InChI=1S/C15H23N3/c1-4-15(17-3)13-7-9-14(10-8-13)18(5-2)12-6-11-16/h7-10,15,17H,4-6,12H2,1-3H3. The summed E-state index contributed by atoms with van der Waals surface area (Å²) in [5.74, 6) is 0. The molecule has 3 nitrogen and oxygen atoms in total. The highest BCUT2D eigenvalue weighted by atomic mass is 15.1. The first-order valence-electron chi connectivity index (χ1n) is 6.65. The average molecular weight is 245 g/mol. The van der Waals surface area contributed by atoms with E-state index in [0.717, 1.165) is 19.5 Å². The highest BCUT2D eigenvalue weighted by Gasteiger charge is 2.08. The van der Waals surface area contributed by atoms with Crippen LogP contribution >= 0.6 is 0 Å². The topological polar surface area (TPSA) is 39.1 Å². The van der Waals surface area contributed by atoms with Gasteiger partial charge in [0, 0.05) is 24.8 Å². The van der Waals surface area contributed by atoms with E-state index < -0.39 is 0 Å². The van der Waals surface area contributed by atoms with Gasteiger partial charge < -0.3 is 10.2 Å². The summed E-state index contributed by atoms with van der Waals surface area (Å²) in [6.07, 6.45) is 1.66. The second-order valence-corrected chi connectivity index (χ2v) is 4.33. The molecule has 0 spiro atoms. The van der Waals surface area contributed by atoms with Crippen molar-refractivity contribution < 1.29 is 0 Å². The van der Waals surface area contributed by atoms with Crippen LogP contribution in [0.1, 0.15) is 38.3 Å². The van der Waals surface area contributed by atoms with Gasteiger partial charge in [-0.25, -0.2) is 0 Å². The number of nitriles is 1. The van der Waals surface area contributed by atoms with Crippen molar-refractivity contribution in [2.24, 2.45) is 0 Å². The molecule has 0 aliphatic heterocycles. The van der Waals surface area contributed by atoms with E-state index in [0.29, 0.717) is 12.5 Å². The zero-order valence-electron chi connectivity index (χ0n) is 11.6. The second-order valence-electron chi connectivity index (χ2n) is 4.33. The maximum Gasteiger partial charge on any atom is 0.0640 e. The molecule has 1 aromatic carbocycles. The Labute approximate surface area is 110 Å². The number of benzene rings is 1. The van der Waals surface area contributed by atoms with Crippen LogP contribution in [0.4, 0.5) is 5.69 Å². The Morgan fingerprint density at radius 3 is 2.39 bits per heavy atom. The highest BCUT2D eigenvalue weighted by molar-refractivity contribution is 5.48. The van der Waals surface area contributed by atoms with Crippen LogP contribution in [-0.4, -0.2) is 20.1 Å². The molecule has 1 aromatic rings. The van der Waals surface area contributed by atoms with Crippen molar-refractivity contribution in [1.82, 2.24) is 5.32 Å². The maximum absolute atomic E-state index is 8.65. The third-order valence-corrected chi connectivity index (χ3v) is 3.29. The summed E-state index contributed by atoms with van der Waals surface area (Å²) >= 11 is 0. The van der Waals surface area contributed by atoms with Crippen molar-refractivity contribution in [3.8, 4) is 6.07 Å². The molecule has 0 fully saturated rings. The van der Waals surface area contributed by atoms with Crippen molar-refractivity contribution in [2.45, 2.75) is 32.7 Å². The van der Waals surface area contributed by atoms with Crippen LogP contribution in [-0.2, 0) is 0 Å². The van der Waals surface area contributed by atoms with Gasteiger partial charge in [-0.15, -0.1) is 0 Å². The van der Waals surface area contributed by atoms with E-state index >= 15 is 0 Å². The van der Waals surface area contributed by atoms with Crippen LogP contribution in [0.5, 0.6) is 0 Å². The molecule has 0 aliphatic carbocycles. The van der Waals surface area contributed by atoms with E-state index in [9.17, 15) is 0 Å². The minimum atomic E-state index is 0.424. The van der Waals surface area contributed by atoms with Crippen LogP contribution in [0.3, 0.4) is 0 Å². The maximum atomic E-state index is 8.65. The Hall–Kier alpha value is -1.53. The SMILES string of the molecule is CCC(NC)c1ccc(N(CC)CCC#N)cc1. The first kappa shape index (κ1) is 14.5. The number of hydrogen-bond acceptors (Lipinski definition) is 3. The molecule has 0 radical (unpaired) electrons. The summed E-state index contributed by atoms with van der Waals surface area (Å²) in [6.45, 7) is 6.04. The Morgan fingerprint density at radius 2 is 1.94 bits per heavy atom. The van der Waals surface area contributed by atoms with Gasteiger partial charge in [-0.05, 0) is 38.1 Å². The molecular formula is C15H23N3. The van der Waals surface area contributed by atoms with Crippen molar-refractivity contribution in [3.05, 3.63) is 29.8 Å². The van der Waals surface area contributed by atoms with Gasteiger partial charge in [0.25, 0.3) is 0 Å². The molecule has 1 N–H and O–H groups in total. The molecule has 0 saturated heterocycles. The predicted octanol–water partition coefficient (Wildman–Crippen LogP) is 3.10. The van der Waals surface area contributed by atoms with Gasteiger partial charge in [-0.2, -0.15) is 5.26 Å². The molecule has 1 atom stereocenters. The summed E-state index contributed by atoms with van der Waals surface area (Å²) in [4.78, 5) is 2.23. The molecule has 0 saturated carbocycles. The lowest BCUT2D eigenvalue weighted by Gasteiger charge is -2.23. The molecule has 3 heteroatoms. The molecule has 1 unspecified atom stereocenters. The quantitative estimate of drug-likeness (QED) is 0.802. The third-order valence-electron chi connectivity index (χ3n) is 3.29. The Bertz CT molecular complexity index is 374. The van der Waals surface area contributed by atoms with E-state index in [1.54, 1.807) is 0 Å². The summed E-state index contributed by atoms with van der Waals surface area (Å²) in [6, 6.07) is 11.3. The van der Waals surface area contributed by atoms with Gasteiger partial charge >= 0.3 is 0 Å². The second kappa shape index (κ2) is 7.73. The number of nitrogens with one attached hydrogen (secondary N) is 1. The smallest absolute Gasteiger partial charge is 0.0640 e. The number of nitrogens with zero attached hydrogens (tertiary/aromatic N) is 2. The van der Waals surface area contributed by atoms with Crippen molar-refractivity contribution in [1.29, 1.82) is 5.26 Å². The summed E-state index contributed by atoms with van der Waals surface area (Å²) in [7, 11) is 1.99. The lowest BCUT2D eigenvalue weighted by atomic mass is 10.0. The molecule has 18 heavy (non-hydrogen) atoms. The first-order chi connectivity index (χ1) is 8.76. The zero-order valence-corrected chi connectivity index (χ0v) is 11.6. The normalized spacial score (nSPS) is 11.9. The Balaban J connectivity index is 2.77. The molecule has 0 aliphatic rings. The highest BCUT2D eigenvalue weighted by Crippen LogP contribution is 2.21. The van der Waals surface area contributed by atoms with Crippen LogP contribution in [0.15, 0.2) is 24.3 Å². The van der Waals surface area contributed by atoms with Gasteiger partial charge in [0.2, 0.25) is 0 Å². The summed E-state index contributed by atoms with van der Waals surface area (Å²) in [5, 5.41) is 12.0. The van der Waals surface area contributed by atoms with E-state index in [-0.39, 0.29) is 0 Å². The molecule has 0 aromatic heterocycles. The van der Waals surface area contributed by atoms with Crippen LogP contribution in [0, 0.1) is 11.3 Å². The van der Waals surface area contributed by atoms with Crippen LogP contribution < -0.4 is 10.2 Å². The van der Waals surface area contributed by atoms with Gasteiger partial charge in [0.1, 0.15) is 0 Å². The summed E-state index contributed by atoms with van der Waals surface area (Å²) < 4.78 is 0. The predicted molar refractivity (Wildman–Crippen MR) is 76.7 cm³/mol. The van der Waals surface area contributed by atoms with E-state index in [4.69, 9.17) is 5.26 Å². The van der Waals surface area contributed by atoms with Gasteiger partial charge in [0.05, 0.1) is 12.5 Å². The van der Waals surface area contributed by atoms with Gasteiger partial charge in [-0.1, -0.05) is 19.1 Å². The monoisotopic (exact) mass is 245 g/mol. The van der Waals surface area contributed by atoms with E-state index in [1.807, 2.05) is 7.05 Å². The summed E-state index contributed by atoms with van der Waals surface area (Å²) in [5.41, 5.74) is 2.52. The minimum absolute atomic E-state index is 0.424. The van der Waals surface area contributed by atoms with Gasteiger partial charge in [-0.3, -0.25) is 0 Å². The number of hydrogen-bond donors (Lipinski definition) is 1. The molecule has 0 heterocycles. The average Bonchev–Trinajstić information content (AvgIpc) is 2.42. The van der Waals surface area contributed by atoms with E-state index in [2.05, 4.69) is 54.4 Å².